The Kier molecular flexibility index (Phi) is 6.88. The van der Waals surface area contributed by atoms with Crippen LogP contribution < -0.4 is 10.9 Å². The SMILES string of the molecule is Cc1nc(SCc2ccccc2)[nH]c(=O)c1CC(=O)Nc1ccc(C(C)C)cc1. The number of hydrogen-bond acceptors (Lipinski definition) is 4. The third kappa shape index (κ3) is 5.81. The first kappa shape index (κ1) is 20.9. The van der Waals surface area contributed by atoms with E-state index in [0.717, 1.165) is 17.0 Å². The number of thioether (sulfide) groups is 1. The van der Waals surface area contributed by atoms with Gasteiger partial charge in [-0.1, -0.05) is 68.1 Å². The number of benzene rings is 2. The van der Waals surface area contributed by atoms with Crippen molar-refractivity contribution in [2.24, 2.45) is 0 Å². The van der Waals surface area contributed by atoms with Crippen molar-refractivity contribution in [2.45, 2.75) is 44.0 Å². The molecule has 0 radical (unpaired) electrons. The molecule has 0 bridgehead atoms. The number of rotatable bonds is 7. The highest BCUT2D eigenvalue weighted by Gasteiger charge is 2.13. The maximum Gasteiger partial charge on any atom is 0.255 e. The number of carbonyl (C=O) groups excluding carboxylic acids is 1. The first-order valence-corrected chi connectivity index (χ1v) is 10.6. The summed E-state index contributed by atoms with van der Waals surface area (Å²) in [4.78, 5) is 32.2. The summed E-state index contributed by atoms with van der Waals surface area (Å²) in [5.74, 6) is 0.919. The van der Waals surface area contributed by atoms with Gasteiger partial charge in [0.1, 0.15) is 0 Å². The van der Waals surface area contributed by atoms with Crippen LogP contribution >= 0.6 is 11.8 Å². The minimum atomic E-state index is -0.265. The van der Waals surface area contributed by atoms with E-state index in [2.05, 4.69) is 29.1 Å². The zero-order valence-corrected chi connectivity index (χ0v) is 17.7. The van der Waals surface area contributed by atoms with Gasteiger partial charge in [0.05, 0.1) is 6.42 Å². The zero-order chi connectivity index (χ0) is 20.8. The van der Waals surface area contributed by atoms with Gasteiger partial charge in [0, 0.05) is 22.7 Å². The summed E-state index contributed by atoms with van der Waals surface area (Å²) < 4.78 is 0. The largest absolute Gasteiger partial charge is 0.326 e. The molecule has 1 heterocycles. The molecular formula is C23H25N3O2S. The number of nitrogens with one attached hydrogen (secondary N) is 2. The smallest absolute Gasteiger partial charge is 0.255 e. The van der Waals surface area contributed by atoms with Gasteiger partial charge >= 0.3 is 0 Å². The van der Waals surface area contributed by atoms with Crippen molar-refractivity contribution >= 4 is 23.4 Å². The molecule has 150 valence electrons. The van der Waals surface area contributed by atoms with Crippen LogP contribution in [0.1, 0.15) is 42.1 Å². The average molecular weight is 408 g/mol. The first-order chi connectivity index (χ1) is 13.9. The lowest BCUT2D eigenvalue weighted by atomic mass is 10.0. The molecule has 29 heavy (non-hydrogen) atoms. The van der Waals surface area contributed by atoms with Gasteiger partial charge in [-0.15, -0.1) is 0 Å². The van der Waals surface area contributed by atoms with E-state index in [4.69, 9.17) is 0 Å². The number of nitrogens with zero attached hydrogens (tertiary/aromatic N) is 1. The molecule has 5 nitrogen and oxygen atoms in total. The standard InChI is InChI=1S/C23H25N3O2S/c1-15(2)18-9-11-19(12-10-18)25-21(27)13-20-16(3)24-23(26-22(20)28)29-14-17-7-5-4-6-8-17/h4-12,15H,13-14H2,1-3H3,(H,25,27)(H,24,26,28). The third-order valence-corrected chi connectivity index (χ3v) is 5.56. The molecule has 0 spiro atoms. The monoisotopic (exact) mass is 407 g/mol. The van der Waals surface area contributed by atoms with Crippen LogP contribution in [0.15, 0.2) is 64.5 Å². The second kappa shape index (κ2) is 9.56. The molecule has 0 aliphatic rings. The van der Waals surface area contributed by atoms with Crippen molar-refractivity contribution in [2.75, 3.05) is 5.32 Å². The van der Waals surface area contributed by atoms with Crippen LogP contribution in [0.3, 0.4) is 0 Å². The Morgan fingerprint density at radius 1 is 1.10 bits per heavy atom. The van der Waals surface area contributed by atoms with E-state index in [1.807, 2.05) is 54.6 Å². The number of amides is 1. The van der Waals surface area contributed by atoms with Crippen LogP contribution in [0.2, 0.25) is 0 Å². The van der Waals surface area contributed by atoms with Crippen LogP contribution in [-0.2, 0) is 17.0 Å². The van der Waals surface area contributed by atoms with Gasteiger partial charge in [-0.25, -0.2) is 4.98 Å². The summed E-state index contributed by atoms with van der Waals surface area (Å²) in [6.07, 6.45) is -0.0102. The third-order valence-electron chi connectivity index (χ3n) is 4.62. The number of aryl methyl sites for hydroxylation is 1. The highest BCUT2D eigenvalue weighted by Crippen LogP contribution is 2.19. The maximum atomic E-state index is 12.5. The Bertz CT molecular complexity index is 1030. The molecule has 0 fully saturated rings. The van der Waals surface area contributed by atoms with E-state index >= 15 is 0 Å². The van der Waals surface area contributed by atoms with Crippen LogP contribution in [0.4, 0.5) is 5.69 Å². The number of carbonyl (C=O) groups is 1. The second-order valence-corrected chi connectivity index (χ2v) is 8.18. The molecule has 1 amide bonds. The van der Waals surface area contributed by atoms with Gasteiger partial charge in [0.25, 0.3) is 5.56 Å². The molecule has 6 heteroatoms. The molecule has 0 aliphatic heterocycles. The number of aromatic amines is 1. The number of hydrogen-bond donors (Lipinski definition) is 2. The van der Waals surface area contributed by atoms with Gasteiger partial charge in [-0.2, -0.15) is 0 Å². The van der Waals surface area contributed by atoms with E-state index in [0.29, 0.717) is 22.3 Å². The Labute approximate surface area is 175 Å². The molecular weight excluding hydrogens is 382 g/mol. The summed E-state index contributed by atoms with van der Waals surface area (Å²) in [6, 6.07) is 17.8. The highest BCUT2D eigenvalue weighted by atomic mass is 32.2. The van der Waals surface area contributed by atoms with Crippen molar-refractivity contribution in [3.8, 4) is 0 Å². The molecule has 0 atom stereocenters. The fourth-order valence-electron chi connectivity index (χ4n) is 2.90. The Balaban J connectivity index is 1.64. The maximum absolute atomic E-state index is 12.5. The van der Waals surface area contributed by atoms with Crippen LogP contribution in [0, 0.1) is 6.92 Å². The van der Waals surface area contributed by atoms with E-state index in [-0.39, 0.29) is 17.9 Å². The van der Waals surface area contributed by atoms with Crippen molar-refractivity contribution in [1.29, 1.82) is 0 Å². The molecule has 3 aromatic rings. The van der Waals surface area contributed by atoms with Gasteiger partial charge in [0.15, 0.2) is 5.16 Å². The van der Waals surface area contributed by atoms with Gasteiger partial charge < -0.3 is 10.3 Å². The van der Waals surface area contributed by atoms with E-state index in [1.165, 1.54) is 17.3 Å². The molecule has 3 rings (SSSR count). The molecule has 2 aromatic carbocycles. The number of H-pyrrole nitrogens is 1. The van der Waals surface area contributed by atoms with Gasteiger partial charge in [-0.3, -0.25) is 9.59 Å². The van der Waals surface area contributed by atoms with Gasteiger partial charge in [-0.05, 0) is 36.1 Å². The van der Waals surface area contributed by atoms with Gasteiger partial charge in [0.2, 0.25) is 5.91 Å². The fraction of sp³-hybridized carbons (Fsp3) is 0.261. The van der Waals surface area contributed by atoms with Crippen molar-refractivity contribution < 1.29 is 4.79 Å². The van der Waals surface area contributed by atoms with Crippen LogP contribution in [0.5, 0.6) is 0 Å². The molecule has 0 aliphatic carbocycles. The lowest BCUT2D eigenvalue weighted by Gasteiger charge is -2.10. The molecule has 1 aromatic heterocycles. The average Bonchev–Trinajstić information content (AvgIpc) is 2.70. The quantitative estimate of drug-likeness (QED) is 0.441. The Morgan fingerprint density at radius 3 is 2.41 bits per heavy atom. The molecule has 2 N–H and O–H groups in total. The van der Waals surface area contributed by atoms with E-state index in [9.17, 15) is 9.59 Å². The predicted octanol–water partition coefficient (Wildman–Crippen LogP) is 4.68. The van der Waals surface area contributed by atoms with E-state index < -0.39 is 0 Å². The minimum Gasteiger partial charge on any atom is -0.326 e. The summed E-state index contributed by atoms with van der Waals surface area (Å²) in [5, 5.41) is 3.41. The molecule has 0 saturated carbocycles. The molecule has 0 saturated heterocycles. The molecule has 0 unspecified atom stereocenters. The fourth-order valence-corrected chi connectivity index (χ4v) is 3.77. The van der Waals surface area contributed by atoms with Crippen molar-refractivity contribution in [3.05, 3.63) is 87.3 Å². The lowest BCUT2D eigenvalue weighted by molar-refractivity contribution is -0.115. The summed E-state index contributed by atoms with van der Waals surface area (Å²) >= 11 is 1.47. The summed E-state index contributed by atoms with van der Waals surface area (Å²) in [5.41, 5.74) is 3.79. The highest BCUT2D eigenvalue weighted by molar-refractivity contribution is 7.98. The zero-order valence-electron chi connectivity index (χ0n) is 16.9. The minimum absolute atomic E-state index is 0.0102. The summed E-state index contributed by atoms with van der Waals surface area (Å²) in [7, 11) is 0. The number of anilines is 1. The second-order valence-electron chi connectivity index (χ2n) is 7.21. The normalized spacial score (nSPS) is 10.9. The van der Waals surface area contributed by atoms with Crippen LogP contribution in [0.25, 0.3) is 0 Å². The first-order valence-electron chi connectivity index (χ1n) is 9.58. The van der Waals surface area contributed by atoms with Crippen molar-refractivity contribution in [3.63, 3.8) is 0 Å². The lowest BCUT2D eigenvalue weighted by Crippen LogP contribution is -2.23. The predicted molar refractivity (Wildman–Crippen MR) is 118 cm³/mol. The van der Waals surface area contributed by atoms with Crippen LogP contribution in [-0.4, -0.2) is 15.9 Å². The topological polar surface area (TPSA) is 74.8 Å². The Hall–Kier alpha value is -2.86. The summed E-state index contributed by atoms with van der Waals surface area (Å²) in [6.45, 7) is 6.01. The number of aromatic nitrogens is 2. The Morgan fingerprint density at radius 2 is 1.79 bits per heavy atom. The van der Waals surface area contributed by atoms with Crippen molar-refractivity contribution in [1.82, 2.24) is 9.97 Å². The van der Waals surface area contributed by atoms with E-state index in [1.54, 1.807) is 6.92 Å².